The second-order valence-corrected chi connectivity index (χ2v) is 3.56. The number of nitrogens with one attached hydrogen (secondary N) is 1. The minimum Gasteiger partial charge on any atom is -0.329 e. The van der Waals surface area contributed by atoms with Crippen LogP contribution in [0.1, 0.15) is 26.3 Å². The Kier molecular flexibility index (Phi) is 7.28. The molecule has 0 aliphatic rings. The summed E-state index contributed by atoms with van der Waals surface area (Å²) in [6, 6.07) is 8.14. The first kappa shape index (κ1) is 13.7. The lowest BCUT2D eigenvalue weighted by atomic mass is 10.1. The number of hydrogen-bond acceptors (Lipinski definition) is 2. The van der Waals surface area contributed by atoms with Gasteiger partial charge in [-0.25, -0.2) is 0 Å². The highest BCUT2D eigenvalue weighted by Crippen LogP contribution is 2.08. The third-order valence-corrected chi connectivity index (χ3v) is 1.59. The Morgan fingerprint density at radius 3 is 2.13 bits per heavy atom. The summed E-state index contributed by atoms with van der Waals surface area (Å²) < 4.78 is 0. The van der Waals surface area contributed by atoms with Gasteiger partial charge in [0.25, 0.3) is 0 Å². The second kappa shape index (κ2) is 8.00. The van der Waals surface area contributed by atoms with E-state index in [0.29, 0.717) is 12.5 Å². The molecule has 3 N–H and O–H groups in total. The Hall–Kier alpha value is -1.35. The average Bonchev–Trinajstić information content (AvgIpc) is 2.19. The van der Waals surface area contributed by atoms with E-state index in [-0.39, 0.29) is 0 Å². The van der Waals surface area contributed by atoms with Crippen molar-refractivity contribution < 1.29 is 4.79 Å². The maximum atomic E-state index is 10.0. The van der Waals surface area contributed by atoms with E-state index in [0.717, 1.165) is 12.1 Å². The van der Waals surface area contributed by atoms with Crippen molar-refractivity contribution in [2.45, 2.75) is 33.2 Å². The lowest BCUT2D eigenvalue weighted by Crippen LogP contribution is -2.06. The summed E-state index contributed by atoms with van der Waals surface area (Å²) in [5.41, 5.74) is 7.23. The quantitative estimate of drug-likeness (QED) is 0.748. The van der Waals surface area contributed by atoms with Gasteiger partial charge < -0.3 is 11.1 Å². The van der Waals surface area contributed by atoms with Crippen molar-refractivity contribution in [2.24, 2.45) is 5.73 Å². The van der Waals surface area contributed by atoms with E-state index in [1.165, 1.54) is 5.56 Å². The van der Waals surface area contributed by atoms with Crippen LogP contribution in [0.15, 0.2) is 24.3 Å². The van der Waals surface area contributed by atoms with Crippen LogP contribution in [-0.4, -0.2) is 12.5 Å². The van der Waals surface area contributed by atoms with Crippen LogP contribution < -0.4 is 11.1 Å². The standard InChI is InChI=1S/C9H11NO.C3H9N/c1-2-8-3-5-9(6-4-8)10-7-11;1-3(2)4/h3-7H,2H2,1H3,(H,10,11);3H,4H2,1-2H3. The summed E-state index contributed by atoms with van der Waals surface area (Å²) in [5, 5.41) is 2.58. The molecular weight excluding hydrogens is 188 g/mol. The van der Waals surface area contributed by atoms with E-state index in [9.17, 15) is 4.79 Å². The number of aryl methyl sites for hydroxylation is 1. The first-order valence-electron chi connectivity index (χ1n) is 5.14. The summed E-state index contributed by atoms with van der Waals surface area (Å²) in [4.78, 5) is 10.0. The molecule has 0 bridgehead atoms. The van der Waals surface area contributed by atoms with E-state index in [4.69, 9.17) is 5.73 Å². The average molecular weight is 208 g/mol. The number of anilines is 1. The van der Waals surface area contributed by atoms with Gasteiger partial charge in [-0.3, -0.25) is 4.79 Å². The normalized spacial score (nSPS) is 9.13. The summed E-state index contributed by atoms with van der Waals surface area (Å²) in [5.74, 6) is 0. The van der Waals surface area contributed by atoms with Gasteiger partial charge in [-0.2, -0.15) is 0 Å². The monoisotopic (exact) mass is 208 g/mol. The van der Waals surface area contributed by atoms with Crippen molar-refractivity contribution in [1.82, 2.24) is 0 Å². The van der Waals surface area contributed by atoms with Crippen molar-refractivity contribution in [2.75, 3.05) is 5.32 Å². The van der Waals surface area contributed by atoms with Crippen LogP contribution in [0.3, 0.4) is 0 Å². The maximum absolute atomic E-state index is 10.0. The van der Waals surface area contributed by atoms with Gasteiger partial charge in [-0.05, 0) is 30.2 Å². The Balaban J connectivity index is 0.000000423. The molecule has 1 rings (SSSR count). The molecule has 0 saturated heterocycles. The highest BCUT2D eigenvalue weighted by Gasteiger charge is 1.89. The minimum absolute atomic E-state index is 0.333. The van der Waals surface area contributed by atoms with Crippen LogP contribution in [0.4, 0.5) is 5.69 Å². The molecule has 0 saturated carbocycles. The van der Waals surface area contributed by atoms with Crippen molar-refractivity contribution in [3.63, 3.8) is 0 Å². The number of amides is 1. The van der Waals surface area contributed by atoms with E-state index in [2.05, 4.69) is 12.2 Å². The fourth-order valence-corrected chi connectivity index (χ4v) is 0.905. The van der Waals surface area contributed by atoms with Gasteiger partial charge in [-0.1, -0.05) is 32.9 Å². The molecule has 3 nitrogen and oxygen atoms in total. The third kappa shape index (κ3) is 7.70. The van der Waals surface area contributed by atoms with Crippen LogP contribution in [0.25, 0.3) is 0 Å². The van der Waals surface area contributed by atoms with Crippen molar-refractivity contribution in [1.29, 1.82) is 0 Å². The van der Waals surface area contributed by atoms with Crippen LogP contribution in [0, 0.1) is 0 Å². The highest BCUT2D eigenvalue weighted by atomic mass is 16.1. The number of carbonyl (C=O) groups excluding carboxylic acids is 1. The van der Waals surface area contributed by atoms with Crippen LogP contribution in [0.2, 0.25) is 0 Å². The fourth-order valence-electron chi connectivity index (χ4n) is 0.905. The largest absolute Gasteiger partial charge is 0.329 e. The molecule has 3 heteroatoms. The molecule has 1 aromatic rings. The maximum Gasteiger partial charge on any atom is 0.211 e. The Labute approximate surface area is 91.7 Å². The number of nitrogens with two attached hydrogens (primary N) is 1. The molecule has 15 heavy (non-hydrogen) atoms. The Bertz CT molecular complexity index is 265. The number of benzene rings is 1. The summed E-state index contributed by atoms with van der Waals surface area (Å²) in [7, 11) is 0. The predicted molar refractivity (Wildman–Crippen MR) is 64.8 cm³/mol. The predicted octanol–water partition coefficient (Wildman–Crippen LogP) is 2.17. The van der Waals surface area contributed by atoms with Gasteiger partial charge in [0.1, 0.15) is 0 Å². The van der Waals surface area contributed by atoms with Crippen molar-refractivity contribution in [3.8, 4) is 0 Å². The molecule has 0 heterocycles. The lowest BCUT2D eigenvalue weighted by molar-refractivity contribution is -0.105. The number of carbonyl (C=O) groups is 1. The molecule has 0 atom stereocenters. The fraction of sp³-hybridized carbons (Fsp3) is 0.417. The van der Waals surface area contributed by atoms with E-state index >= 15 is 0 Å². The first-order chi connectivity index (χ1) is 7.10. The Morgan fingerprint density at radius 1 is 1.33 bits per heavy atom. The van der Waals surface area contributed by atoms with Crippen LogP contribution in [-0.2, 0) is 11.2 Å². The first-order valence-corrected chi connectivity index (χ1v) is 5.14. The molecule has 0 aliphatic heterocycles. The molecule has 1 aromatic carbocycles. The molecule has 84 valence electrons. The molecule has 0 aromatic heterocycles. The van der Waals surface area contributed by atoms with Crippen molar-refractivity contribution in [3.05, 3.63) is 29.8 Å². The smallest absolute Gasteiger partial charge is 0.211 e. The topological polar surface area (TPSA) is 55.1 Å². The van der Waals surface area contributed by atoms with E-state index in [1.54, 1.807) is 0 Å². The third-order valence-electron chi connectivity index (χ3n) is 1.59. The molecule has 0 aliphatic carbocycles. The van der Waals surface area contributed by atoms with Crippen LogP contribution >= 0.6 is 0 Å². The summed E-state index contributed by atoms with van der Waals surface area (Å²) in [6.45, 7) is 5.99. The summed E-state index contributed by atoms with van der Waals surface area (Å²) >= 11 is 0. The van der Waals surface area contributed by atoms with Gasteiger partial charge in [0, 0.05) is 5.69 Å². The van der Waals surface area contributed by atoms with E-state index in [1.807, 2.05) is 38.1 Å². The van der Waals surface area contributed by atoms with Crippen LogP contribution in [0.5, 0.6) is 0 Å². The lowest BCUT2D eigenvalue weighted by Gasteiger charge is -1.98. The van der Waals surface area contributed by atoms with Crippen molar-refractivity contribution >= 4 is 12.1 Å². The molecule has 0 spiro atoms. The summed E-state index contributed by atoms with van der Waals surface area (Å²) in [6.07, 6.45) is 1.71. The molecule has 1 amide bonds. The Morgan fingerprint density at radius 2 is 1.80 bits per heavy atom. The molecule has 0 radical (unpaired) electrons. The number of hydrogen-bond donors (Lipinski definition) is 2. The zero-order valence-corrected chi connectivity index (χ0v) is 9.66. The van der Waals surface area contributed by atoms with Gasteiger partial charge in [-0.15, -0.1) is 0 Å². The van der Waals surface area contributed by atoms with E-state index < -0.39 is 0 Å². The highest BCUT2D eigenvalue weighted by molar-refractivity contribution is 5.70. The molecule has 0 fully saturated rings. The molecular formula is C12H20N2O. The van der Waals surface area contributed by atoms with Gasteiger partial charge >= 0.3 is 0 Å². The van der Waals surface area contributed by atoms with Gasteiger partial charge in [0.2, 0.25) is 6.41 Å². The minimum atomic E-state index is 0.333. The number of rotatable bonds is 3. The van der Waals surface area contributed by atoms with Gasteiger partial charge in [0.15, 0.2) is 0 Å². The zero-order valence-electron chi connectivity index (χ0n) is 9.66. The second-order valence-electron chi connectivity index (χ2n) is 3.56. The van der Waals surface area contributed by atoms with Gasteiger partial charge in [0.05, 0.1) is 0 Å². The molecule has 0 unspecified atom stereocenters. The zero-order chi connectivity index (χ0) is 11.7. The SMILES string of the molecule is CC(C)N.CCc1ccc(NC=O)cc1.